The molecule has 34 heavy (non-hydrogen) atoms. The molecule has 1 saturated heterocycles. The summed E-state index contributed by atoms with van der Waals surface area (Å²) in [5.41, 5.74) is 0.399. The van der Waals surface area contributed by atoms with Gasteiger partial charge in [-0.15, -0.1) is 0 Å². The Balaban J connectivity index is 1.42. The number of hydrogen-bond donors (Lipinski definition) is 1. The molecule has 186 valence electrons. The molecule has 1 saturated carbocycles. The number of urea groups is 1. The maximum atomic E-state index is 13.4. The maximum Gasteiger partial charge on any atom is 0.356 e. The molecule has 1 aliphatic heterocycles. The lowest BCUT2D eigenvalue weighted by molar-refractivity contribution is 0.0279. The van der Waals surface area contributed by atoms with Crippen molar-refractivity contribution in [3.8, 4) is 0 Å². The second-order valence-corrected chi connectivity index (χ2v) is 11.2. The number of carbonyl (C=O) groups excluding carboxylic acids is 2. The maximum absolute atomic E-state index is 13.4. The molecule has 0 aromatic carbocycles. The molecule has 1 aliphatic carbocycles. The monoisotopic (exact) mass is 507 g/mol. The number of aromatic nitrogens is 3. The quantitative estimate of drug-likeness (QED) is 0.538. The molecule has 0 radical (unpaired) electrons. The molecular weight excluding hydrogens is 474 g/mol. The standard InChI is InChI=1S/C23H33N5O4S2/c1-4-32-20(29)18-13-25-23(27(18)3)34-19-14-24-21(33-19)26-22(30)28(17-9-11-31-12-10-17)16-7-5-15(2)6-8-16/h13-17H,4-12H2,1-3H3,(H,24,26,30). The van der Waals surface area contributed by atoms with Crippen molar-refractivity contribution in [2.24, 2.45) is 13.0 Å². The van der Waals surface area contributed by atoms with E-state index in [1.807, 2.05) is 0 Å². The van der Waals surface area contributed by atoms with E-state index in [2.05, 4.69) is 27.1 Å². The highest BCUT2D eigenvalue weighted by Gasteiger charge is 2.34. The summed E-state index contributed by atoms with van der Waals surface area (Å²) in [6, 6.07) is 0.399. The zero-order valence-electron chi connectivity index (χ0n) is 20.0. The van der Waals surface area contributed by atoms with Crippen LogP contribution in [-0.2, 0) is 16.5 Å². The zero-order valence-corrected chi connectivity index (χ0v) is 21.6. The van der Waals surface area contributed by atoms with Gasteiger partial charge < -0.3 is 18.9 Å². The summed E-state index contributed by atoms with van der Waals surface area (Å²) in [5, 5.41) is 4.27. The van der Waals surface area contributed by atoms with Gasteiger partial charge in [0.15, 0.2) is 10.3 Å². The number of anilines is 1. The van der Waals surface area contributed by atoms with E-state index in [-0.39, 0.29) is 18.1 Å². The number of amides is 2. The fourth-order valence-electron chi connectivity index (χ4n) is 4.61. The van der Waals surface area contributed by atoms with Gasteiger partial charge in [0.2, 0.25) is 0 Å². The van der Waals surface area contributed by atoms with E-state index in [1.54, 1.807) is 24.7 Å². The number of rotatable bonds is 7. The van der Waals surface area contributed by atoms with Crippen LogP contribution in [0.2, 0.25) is 0 Å². The molecule has 2 fully saturated rings. The summed E-state index contributed by atoms with van der Waals surface area (Å²) < 4.78 is 13.2. The highest BCUT2D eigenvalue weighted by atomic mass is 32.2. The van der Waals surface area contributed by atoms with Crippen LogP contribution in [0.1, 0.15) is 62.9 Å². The lowest BCUT2D eigenvalue weighted by Gasteiger charge is -2.42. The summed E-state index contributed by atoms with van der Waals surface area (Å²) in [5.74, 6) is 0.330. The average Bonchev–Trinajstić information content (AvgIpc) is 3.42. The Morgan fingerprint density at radius 3 is 2.59 bits per heavy atom. The molecule has 2 aliphatic rings. The fraction of sp³-hybridized carbons (Fsp3) is 0.652. The number of nitrogens with zero attached hydrogens (tertiary/aromatic N) is 4. The summed E-state index contributed by atoms with van der Waals surface area (Å²) in [7, 11) is 1.78. The molecule has 3 heterocycles. The lowest BCUT2D eigenvalue weighted by atomic mass is 9.85. The van der Waals surface area contributed by atoms with Crippen molar-refractivity contribution in [1.82, 2.24) is 19.4 Å². The van der Waals surface area contributed by atoms with Crippen molar-refractivity contribution in [3.05, 3.63) is 18.1 Å². The number of imidazole rings is 1. The Morgan fingerprint density at radius 1 is 1.18 bits per heavy atom. The van der Waals surface area contributed by atoms with Gasteiger partial charge in [0.05, 0.1) is 23.2 Å². The van der Waals surface area contributed by atoms with Crippen LogP contribution in [0.5, 0.6) is 0 Å². The molecular formula is C23H33N5O4S2. The third-order valence-corrected chi connectivity index (χ3v) is 8.59. The summed E-state index contributed by atoms with van der Waals surface area (Å²) in [6.07, 6.45) is 9.41. The fourth-order valence-corrected chi connectivity index (χ4v) is 6.40. The highest BCUT2D eigenvalue weighted by Crippen LogP contribution is 2.35. The van der Waals surface area contributed by atoms with Crippen molar-refractivity contribution in [2.45, 2.75) is 73.8 Å². The van der Waals surface area contributed by atoms with E-state index in [1.165, 1.54) is 29.3 Å². The first-order valence-corrected chi connectivity index (χ1v) is 13.6. The topological polar surface area (TPSA) is 98.6 Å². The zero-order chi connectivity index (χ0) is 24.1. The Labute approximate surface area is 208 Å². The SMILES string of the molecule is CCOC(=O)c1cnc(Sc2cnc(NC(=O)N(C3CCOCC3)C3CCC(C)CC3)s2)n1C. The number of ether oxygens (including phenoxy) is 2. The van der Waals surface area contributed by atoms with Crippen LogP contribution in [0.3, 0.4) is 0 Å². The summed E-state index contributed by atoms with van der Waals surface area (Å²) >= 11 is 2.80. The lowest BCUT2D eigenvalue weighted by Crippen LogP contribution is -2.52. The van der Waals surface area contributed by atoms with Gasteiger partial charge in [0, 0.05) is 32.3 Å². The van der Waals surface area contributed by atoms with Gasteiger partial charge in [0.25, 0.3) is 0 Å². The van der Waals surface area contributed by atoms with Crippen LogP contribution in [0.4, 0.5) is 9.93 Å². The summed E-state index contributed by atoms with van der Waals surface area (Å²) in [6.45, 7) is 5.78. The molecule has 0 atom stereocenters. The second-order valence-electron chi connectivity index (χ2n) is 8.89. The number of esters is 1. The molecule has 2 aromatic heterocycles. The molecule has 1 N–H and O–H groups in total. The van der Waals surface area contributed by atoms with E-state index in [9.17, 15) is 9.59 Å². The predicted octanol–water partition coefficient (Wildman–Crippen LogP) is 4.80. The number of carbonyl (C=O) groups is 2. The Kier molecular flexibility index (Phi) is 8.49. The van der Waals surface area contributed by atoms with Gasteiger partial charge in [0.1, 0.15) is 5.69 Å². The smallest absolute Gasteiger partial charge is 0.356 e. The largest absolute Gasteiger partial charge is 0.461 e. The Morgan fingerprint density at radius 2 is 1.88 bits per heavy atom. The van der Waals surface area contributed by atoms with Crippen molar-refractivity contribution in [1.29, 1.82) is 0 Å². The van der Waals surface area contributed by atoms with Crippen molar-refractivity contribution in [3.63, 3.8) is 0 Å². The van der Waals surface area contributed by atoms with Gasteiger partial charge in [-0.05, 0) is 63.1 Å². The van der Waals surface area contributed by atoms with Crippen LogP contribution >= 0.6 is 23.1 Å². The number of thiazole rings is 1. The number of hydrogen-bond acceptors (Lipinski definition) is 8. The van der Waals surface area contributed by atoms with Gasteiger partial charge in [-0.25, -0.2) is 19.6 Å². The molecule has 0 bridgehead atoms. The Hall–Kier alpha value is -2.11. The first-order chi connectivity index (χ1) is 16.5. The van der Waals surface area contributed by atoms with Crippen LogP contribution < -0.4 is 5.32 Å². The third kappa shape index (κ3) is 5.92. The minimum atomic E-state index is -0.396. The average molecular weight is 508 g/mol. The molecule has 2 amide bonds. The van der Waals surface area contributed by atoms with E-state index in [4.69, 9.17) is 9.47 Å². The van der Waals surface area contributed by atoms with E-state index >= 15 is 0 Å². The van der Waals surface area contributed by atoms with Gasteiger partial charge in [-0.2, -0.15) is 0 Å². The van der Waals surface area contributed by atoms with Gasteiger partial charge >= 0.3 is 12.0 Å². The molecule has 9 nitrogen and oxygen atoms in total. The molecule has 2 aromatic rings. The van der Waals surface area contributed by atoms with E-state index in [0.29, 0.717) is 35.8 Å². The molecule has 4 rings (SSSR count). The molecule has 11 heteroatoms. The van der Waals surface area contributed by atoms with Gasteiger partial charge in [-0.1, -0.05) is 18.3 Å². The van der Waals surface area contributed by atoms with Crippen molar-refractivity contribution < 1.29 is 19.1 Å². The van der Waals surface area contributed by atoms with E-state index < -0.39 is 5.97 Å². The second kappa shape index (κ2) is 11.5. The van der Waals surface area contributed by atoms with Crippen molar-refractivity contribution in [2.75, 3.05) is 25.1 Å². The normalized spacial score (nSPS) is 21.3. The van der Waals surface area contributed by atoms with Crippen LogP contribution in [0.15, 0.2) is 21.8 Å². The van der Waals surface area contributed by atoms with Crippen LogP contribution in [0.25, 0.3) is 0 Å². The van der Waals surface area contributed by atoms with Crippen LogP contribution in [-0.4, -0.2) is 63.3 Å². The third-order valence-electron chi connectivity index (χ3n) is 6.52. The van der Waals surface area contributed by atoms with E-state index in [0.717, 1.165) is 48.7 Å². The first-order valence-electron chi connectivity index (χ1n) is 12.0. The van der Waals surface area contributed by atoms with Gasteiger partial charge in [-0.3, -0.25) is 5.32 Å². The van der Waals surface area contributed by atoms with Crippen molar-refractivity contribution >= 4 is 40.2 Å². The summed E-state index contributed by atoms with van der Waals surface area (Å²) in [4.78, 5) is 36.3. The van der Waals surface area contributed by atoms with Crippen LogP contribution in [0, 0.1) is 5.92 Å². The minimum absolute atomic E-state index is 0.0704. The predicted molar refractivity (Wildman–Crippen MR) is 132 cm³/mol. The number of nitrogens with one attached hydrogen (secondary N) is 1. The first kappa shape index (κ1) is 25.0. The minimum Gasteiger partial charge on any atom is -0.461 e. The Bertz CT molecular complexity index is 980. The molecule has 0 spiro atoms. The molecule has 0 unspecified atom stereocenters. The highest BCUT2D eigenvalue weighted by molar-refractivity contribution is 8.01.